The Morgan fingerprint density at radius 2 is 1.74 bits per heavy atom. The summed E-state index contributed by atoms with van der Waals surface area (Å²) in [5, 5.41) is 35.2. The molecule has 0 aromatic carbocycles. The summed E-state index contributed by atoms with van der Waals surface area (Å²) in [6, 6.07) is 0. The van der Waals surface area contributed by atoms with Gasteiger partial charge in [-0.15, -0.1) is 0 Å². The molecular formula is C25H42N7O18P3S. The molecule has 25 nitrogen and oxygen atoms in total. The van der Waals surface area contributed by atoms with E-state index in [0.717, 1.165) is 17.2 Å². The Morgan fingerprint density at radius 3 is 2.39 bits per heavy atom. The van der Waals surface area contributed by atoms with Crippen LogP contribution in [0.1, 0.15) is 33.4 Å². The minimum atomic E-state index is -5.57. The summed E-state index contributed by atoms with van der Waals surface area (Å²) in [6.45, 7) is 2.08. The van der Waals surface area contributed by atoms with Gasteiger partial charge in [-0.3, -0.25) is 32.5 Å². The number of fused-ring (bicyclic) bond motifs is 1. The Balaban J connectivity index is 1.50. The molecule has 0 spiro atoms. The highest BCUT2D eigenvalue weighted by Crippen LogP contribution is 2.61. The second kappa shape index (κ2) is 19.0. The Labute approximate surface area is 310 Å². The van der Waals surface area contributed by atoms with E-state index in [1.54, 1.807) is 6.92 Å². The van der Waals surface area contributed by atoms with Gasteiger partial charge < -0.3 is 56.0 Å². The number of aromatic nitrogens is 4. The molecule has 306 valence electrons. The minimum Gasteiger partial charge on any atom is -0.481 e. The fourth-order valence-electron chi connectivity index (χ4n) is 4.53. The van der Waals surface area contributed by atoms with E-state index in [4.69, 9.17) is 24.6 Å². The molecule has 11 N–H and O–H groups in total. The summed E-state index contributed by atoms with van der Waals surface area (Å²) in [4.78, 5) is 86.2. The first-order valence-electron chi connectivity index (χ1n) is 15.6. The molecule has 3 rings (SSSR count). The van der Waals surface area contributed by atoms with Crippen LogP contribution in [-0.4, -0.2) is 134 Å². The average Bonchev–Trinajstić information content (AvgIpc) is 3.62. The van der Waals surface area contributed by atoms with Crippen molar-refractivity contribution in [1.29, 1.82) is 0 Å². The Hall–Kier alpha value is -2.64. The fraction of sp³-hybridized carbons (Fsp3) is 0.680. The molecule has 0 bridgehead atoms. The number of amides is 2. The van der Waals surface area contributed by atoms with Crippen molar-refractivity contribution in [1.82, 2.24) is 30.2 Å². The zero-order valence-electron chi connectivity index (χ0n) is 28.8. The molecule has 2 aromatic rings. The SMILES string of the molecule is CC(CSCCNC(=O)CCNC(=O)C(O)C(C)(C)COP(=O)(O)OP(=O)(O)OC[C@H]1O[C@@H](n2cnc3c(N)ncnc32)[C@H](O)[C@@H]1OP(=O)(O)O)C(=O)O. The van der Waals surface area contributed by atoms with Crippen LogP contribution in [0.5, 0.6) is 0 Å². The first-order chi connectivity index (χ1) is 24.9. The number of hydrogen-bond acceptors (Lipinski definition) is 18. The molecule has 0 radical (unpaired) electrons. The van der Waals surface area contributed by atoms with Gasteiger partial charge in [0.1, 0.15) is 36.3 Å². The van der Waals surface area contributed by atoms with Crippen LogP contribution < -0.4 is 16.4 Å². The number of carboxylic acids is 1. The first kappa shape index (κ1) is 45.7. The Kier molecular flexibility index (Phi) is 16.1. The Morgan fingerprint density at radius 1 is 1.07 bits per heavy atom. The quantitative estimate of drug-likeness (QED) is 0.0494. The largest absolute Gasteiger partial charge is 0.481 e. The summed E-state index contributed by atoms with van der Waals surface area (Å²) < 4.78 is 61.9. The number of nitrogen functional groups attached to an aromatic ring is 1. The monoisotopic (exact) mass is 853 g/mol. The number of hydrogen-bond donors (Lipinski definition) is 10. The fourth-order valence-corrected chi connectivity index (χ4v) is 8.27. The number of ether oxygens (including phenoxy) is 1. The van der Waals surface area contributed by atoms with Crippen molar-refractivity contribution in [3.05, 3.63) is 12.7 Å². The van der Waals surface area contributed by atoms with E-state index >= 15 is 0 Å². The molecule has 3 heterocycles. The summed E-state index contributed by atoms with van der Waals surface area (Å²) in [7, 11) is -16.4. The smallest absolute Gasteiger partial charge is 0.481 e. The molecule has 0 aliphatic carbocycles. The van der Waals surface area contributed by atoms with Crippen LogP contribution in [0.2, 0.25) is 0 Å². The van der Waals surface area contributed by atoms with Gasteiger partial charge in [0.15, 0.2) is 17.7 Å². The maximum Gasteiger partial charge on any atom is 0.481 e. The molecule has 2 amide bonds. The van der Waals surface area contributed by atoms with Crippen molar-refractivity contribution < 1.29 is 85.6 Å². The lowest BCUT2D eigenvalue weighted by Gasteiger charge is -2.30. The number of rotatable bonds is 22. The number of phosphoric ester groups is 3. The van der Waals surface area contributed by atoms with E-state index in [9.17, 15) is 57.9 Å². The van der Waals surface area contributed by atoms with Gasteiger partial charge in [0, 0.05) is 36.4 Å². The number of aliphatic carboxylic acids is 1. The number of carbonyl (C=O) groups is 3. The lowest BCUT2D eigenvalue weighted by molar-refractivity contribution is -0.140. The van der Waals surface area contributed by atoms with Gasteiger partial charge in [0.25, 0.3) is 0 Å². The number of nitrogens with two attached hydrogens (primary N) is 1. The predicted octanol–water partition coefficient (Wildman–Crippen LogP) is -1.14. The summed E-state index contributed by atoms with van der Waals surface area (Å²) in [6.07, 6.45) is -6.93. The van der Waals surface area contributed by atoms with Gasteiger partial charge in [-0.1, -0.05) is 20.8 Å². The zero-order valence-corrected chi connectivity index (χ0v) is 32.3. The van der Waals surface area contributed by atoms with Gasteiger partial charge >= 0.3 is 29.4 Å². The van der Waals surface area contributed by atoms with Gasteiger partial charge in [0.2, 0.25) is 11.8 Å². The molecular weight excluding hydrogens is 811 g/mol. The third kappa shape index (κ3) is 13.5. The number of nitrogens with one attached hydrogen (secondary N) is 2. The molecule has 1 aliphatic rings. The number of anilines is 1. The van der Waals surface area contributed by atoms with Crippen molar-refractivity contribution in [2.45, 2.75) is 57.8 Å². The average molecular weight is 854 g/mol. The maximum atomic E-state index is 12.6. The number of aliphatic hydroxyl groups excluding tert-OH is 2. The molecule has 1 fully saturated rings. The summed E-state index contributed by atoms with van der Waals surface area (Å²) >= 11 is 1.34. The zero-order chi connectivity index (χ0) is 40.6. The number of thioether (sulfide) groups is 1. The highest BCUT2D eigenvalue weighted by atomic mass is 32.2. The van der Waals surface area contributed by atoms with E-state index in [1.807, 2.05) is 0 Å². The third-order valence-electron chi connectivity index (χ3n) is 7.44. The highest BCUT2D eigenvalue weighted by molar-refractivity contribution is 7.99. The van der Waals surface area contributed by atoms with Crippen molar-refractivity contribution in [3.63, 3.8) is 0 Å². The highest BCUT2D eigenvalue weighted by Gasteiger charge is 2.50. The molecule has 54 heavy (non-hydrogen) atoms. The van der Waals surface area contributed by atoms with Gasteiger partial charge in [-0.05, 0) is 0 Å². The van der Waals surface area contributed by atoms with E-state index in [-0.39, 0.29) is 36.5 Å². The molecule has 4 unspecified atom stereocenters. The van der Waals surface area contributed by atoms with Crippen molar-refractivity contribution in [2.24, 2.45) is 11.3 Å². The van der Waals surface area contributed by atoms with Crippen LogP contribution in [0.3, 0.4) is 0 Å². The minimum absolute atomic E-state index is 0.0271. The second-order valence-corrected chi connectivity index (χ2v) is 17.8. The Bertz CT molecular complexity index is 1780. The predicted molar refractivity (Wildman–Crippen MR) is 184 cm³/mol. The molecule has 8 atom stereocenters. The van der Waals surface area contributed by atoms with Gasteiger partial charge in [0.05, 0.1) is 25.5 Å². The van der Waals surface area contributed by atoms with E-state index < -0.39 is 96.4 Å². The third-order valence-corrected chi connectivity index (χ3v) is 11.8. The maximum absolute atomic E-state index is 12.6. The number of carboxylic acid groups (broad SMARTS) is 1. The molecule has 0 saturated carbocycles. The van der Waals surface area contributed by atoms with Gasteiger partial charge in [-0.2, -0.15) is 16.1 Å². The van der Waals surface area contributed by atoms with Crippen LogP contribution in [0.25, 0.3) is 11.2 Å². The van der Waals surface area contributed by atoms with Crippen LogP contribution in [0, 0.1) is 11.3 Å². The number of phosphoric acid groups is 3. The van der Waals surface area contributed by atoms with Crippen LogP contribution >= 0.6 is 35.2 Å². The molecule has 2 aromatic heterocycles. The lowest BCUT2D eigenvalue weighted by Crippen LogP contribution is -2.46. The van der Waals surface area contributed by atoms with Crippen LogP contribution in [0.15, 0.2) is 12.7 Å². The topological polar surface area (TPSA) is 384 Å². The van der Waals surface area contributed by atoms with Gasteiger partial charge in [-0.25, -0.2) is 28.6 Å². The van der Waals surface area contributed by atoms with Crippen LogP contribution in [0.4, 0.5) is 5.82 Å². The summed E-state index contributed by atoms with van der Waals surface area (Å²) in [5.74, 6) is -2.09. The molecule has 1 saturated heterocycles. The number of imidazole rings is 1. The van der Waals surface area contributed by atoms with Crippen molar-refractivity contribution in [3.8, 4) is 0 Å². The van der Waals surface area contributed by atoms with Crippen molar-refractivity contribution >= 4 is 70.0 Å². The van der Waals surface area contributed by atoms with E-state index in [2.05, 4.69) is 34.4 Å². The van der Waals surface area contributed by atoms with Crippen molar-refractivity contribution in [2.75, 3.05) is 43.5 Å². The number of aliphatic hydroxyl groups is 2. The standard InChI is InChI=1S/C25H42N7O18P3S/c1-13(24(37)38)9-54-7-6-27-15(33)4-5-28-22(36)19(35)25(2,3)10-47-53(44,45)50-52(42,43)46-8-14-18(49-51(39,40)41)17(34)23(48-14)32-12-31-16-20(26)29-11-30-21(16)32/h11-14,17-19,23,34-35H,4-10H2,1-3H3,(H,27,33)(H,28,36)(H,37,38)(H,42,43)(H,44,45)(H2,26,29,30)(H2,39,40,41)/t13?,14-,17-,18-,19?,23-/m1/s1. The normalized spacial score (nSPS) is 22.6. The first-order valence-corrected chi connectivity index (χ1v) is 21.3. The number of carbonyl (C=O) groups excluding carboxylic acids is 2. The summed E-state index contributed by atoms with van der Waals surface area (Å²) in [5.41, 5.74) is 4.24. The van der Waals surface area contributed by atoms with E-state index in [1.165, 1.54) is 25.6 Å². The number of nitrogens with zero attached hydrogens (tertiary/aromatic N) is 4. The van der Waals surface area contributed by atoms with E-state index in [0.29, 0.717) is 11.5 Å². The second-order valence-electron chi connectivity index (χ2n) is 12.4. The van der Waals surface area contributed by atoms with Crippen LogP contribution in [-0.2, 0) is 50.7 Å². The lowest BCUT2D eigenvalue weighted by atomic mass is 9.87. The molecule has 29 heteroatoms. The molecule has 1 aliphatic heterocycles.